The van der Waals surface area contributed by atoms with E-state index in [0.29, 0.717) is 32.5 Å². The molecule has 2 N–H and O–H groups in total. The molecule has 0 radical (unpaired) electrons. The summed E-state index contributed by atoms with van der Waals surface area (Å²) in [5.41, 5.74) is 5.53. The number of carbonyl (C=O) groups is 1. The van der Waals surface area contributed by atoms with Crippen LogP contribution in [0.3, 0.4) is 0 Å². The fraction of sp³-hybridized carbons (Fsp3) is 0.588. The van der Waals surface area contributed by atoms with Gasteiger partial charge in [0.15, 0.2) is 0 Å². The quantitative estimate of drug-likeness (QED) is 0.835. The molecule has 0 aliphatic carbocycles. The van der Waals surface area contributed by atoms with E-state index >= 15 is 0 Å². The van der Waals surface area contributed by atoms with E-state index in [9.17, 15) is 13.2 Å². The van der Waals surface area contributed by atoms with E-state index in [1.165, 1.54) is 4.31 Å². The zero-order chi connectivity index (χ0) is 18.0. The maximum absolute atomic E-state index is 12.8. The van der Waals surface area contributed by atoms with Crippen molar-refractivity contribution in [3.8, 4) is 0 Å². The monoisotopic (exact) mass is 353 g/mol. The van der Waals surface area contributed by atoms with Crippen LogP contribution < -0.4 is 5.73 Å². The zero-order valence-electron chi connectivity index (χ0n) is 14.6. The third kappa shape index (κ3) is 3.96. The second kappa shape index (κ2) is 7.21. The molecule has 1 aliphatic rings. The van der Waals surface area contributed by atoms with Gasteiger partial charge in [0.2, 0.25) is 15.9 Å². The molecule has 134 valence electrons. The highest BCUT2D eigenvalue weighted by atomic mass is 32.2. The Bertz CT molecular complexity index is 674. The topological polar surface area (TPSA) is 83.7 Å². The number of nitrogens with zero attached hydrogens (tertiary/aromatic N) is 2. The van der Waals surface area contributed by atoms with Crippen LogP contribution in [0.2, 0.25) is 0 Å². The van der Waals surface area contributed by atoms with Crippen molar-refractivity contribution in [3.05, 3.63) is 30.3 Å². The summed E-state index contributed by atoms with van der Waals surface area (Å²) in [6.07, 6.45) is 1.24. The number of benzene rings is 1. The molecule has 1 saturated heterocycles. The molecule has 7 heteroatoms. The Kier molecular flexibility index (Phi) is 5.67. The average Bonchev–Trinajstić information content (AvgIpc) is 3.05. The molecule has 0 spiro atoms. The van der Waals surface area contributed by atoms with Crippen molar-refractivity contribution < 1.29 is 13.2 Å². The Morgan fingerprint density at radius 2 is 1.96 bits per heavy atom. The lowest BCUT2D eigenvalue weighted by atomic mass is 9.93. The summed E-state index contributed by atoms with van der Waals surface area (Å²) in [5, 5.41) is 0. The number of hydrogen-bond donors (Lipinski definition) is 1. The Labute approximate surface area is 144 Å². The van der Waals surface area contributed by atoms with Crippen molar-refractivity contribution in [1.82, 2.24) is 9.21 Å². The van der Waals surface area contributed by atoms with Crippen LogP contribution in [0.15, 0.2) is 35.2 Å². The summed E-state index contributed by atoms with van der Waals surface area (Å²) in [6.45, 7) is 5.31. The number of rotatable bonds is 6. The predicted molar refractivity (Wildman–Crippen MR) is 93.8 cm³/mol. The molecule has 1 atom stereocenters. The van der Waals surface area contributed by atoms with Crippen LogP contribution >= 0.6 is 0 Å². The van der Waals surface area contributed by atoms with Gasteiger partial charge in [-0.1, -0.05) is 32.0 Å². The maximum atomic E-state index is 12.8. The van der Waals surface area contributed by atoms with Crippen LogP contribution in [-0.2, 0) is 14.8 Å². The molecule has 1 amide bonds. The van der Waals surface area contributed by atoms with Crippen molar-refractivity contribution in [2.24, 2.45) is 11.1 Å². The van der Waals surface area contributed by atoms with E-state index in [2.05, 4.69) is 0 Å². The highest BCUT2D eigenvalue weighted by molar-refractivity contribution is 7.89. The molecule has 1 aromatic carbocycles. The Balaban J connectivity index is 2.20. The molecular weight excluding hydrogens is 326 g/mol. The summed E-state index contributed by atoms with van der Waals surface area (Å²) in [7, 11) is -1.94. The first-order chi connectivity index (χ1) is 11.2. The predicted octanol–water partition coefficient (Wildman–Crippen LogP) is 1.28. The van der Waals surface area contributed by atoms with Gasteiger partial charge in [-0.25, -0.2) is 8.42 Å². The first-order valence-electron chi connectivity index (χ1n) is 8.21. The first-order valence-corrected chi connectivity index (χ1v) is 9.65. The van der Waals surface area contributed by atoms with Gasteiger partial charge >= 0.3 is 0 Å². The standard InChI is InChI=1S/C17H27N3O3S/c1-17(2,12-18)13-19(3)16(21)15-10-7-11-20(15)24(22,23)14-8-5-4-6-9-14/h4-6,8-9,15H,7,10-13,18H2,1-3H3. The van der Waals surface area contributed by atoms with E-state index in [4.69, 9.17) is 5.73 Å². The van der Waals surface area contributed by atoms with Gasteiger partial charge in [-0.15, -0.1) is 0 Å². The lowest BCUT2D eigenvalue weighted by molar-refractivity contribution is -0.134. The van der Waals surface area contributed by atoms with Crippen LogP contribution in [0.25, 0.3) is 0 Å². The molecule has 1 aliphatic heterocycles. The van der Waals surface area contributed by atoms with Crippen molar-refractivity contribution >= 4 is 15.9 Å². The molecule has 24 heavy (non-hydrogen) atoms. The molecule has 0 bridgehead atoms. The van der Waals surface area contributed by atoms with E-state index < -0.39 is 16.1 Å². The summed E-state index contributed by atoms with van der Waals surface area (Å²) >= 11 is 0. The molecule has 2 rings (SSSR count). The Morgan fingerprint density at radius 3 is 2.54 bits per heavy atom. The second-order valence-electron chi connectivity index (χ2n) is 7.15. The number of carbonyl (C=O) groups excluding carboxylic acids is 1. The van der Waals surface area contributed by atoms with Gasteiger partial charge in [0.05, 0.1) is 4.90 Å². The van der Waals surface area contributed by atoms with Crippen molar-refractivity contribution in [2.75, 3.05) is 26.7 Å². The van der Waals surface area contributed by atoms with Crippen LogP contribution in [0.5, 0.6) is 0 Å². The molecule has 0 aromatic heterocycles. The van der Waals surface area contributed by atoms with Crippen LogP contribution in [-0.4, -0.2) is 56.3 Å². The summed E-state index contributed by atoms with van der Waals surface area (Å²) in [5.74, 6) is -0.159. The minimum absolute atomic E-state index is 0.159. The summed E-state index contributed by atoms with van der Waals surface area (Å²) in [4.78, 5) is 14.6. The number of likely N-dealkylation sites (N-methyl/N-ethyl adjacent to an activating group) is 1. The van der Waals surface area contributed by atoms with Gasteiger partial charge in [-0.3, -0.25) is 4.79 Å². The van der Waals surface area contributed by atoms with Crippen molar-refractivity contribution in [1.29, 1.82) is 0 Å². The third-order valence-electron chi connectivity index (χ3n) is 4.43. The normalized spacial score (nSPS) is 19.4. The molecule has 1 unspecified atom stereocenters. The SMILES string of the molecule is CN(CC(C)(C)CN)C(=O)C1CCCN1S(=O)(=O)c1ccccc1. The number of hydrogen-bond acceptors (Lipinski definition) is 4. The Morgan fingerprint density at radius 1 is 1.33 bits per heavy atom. The number of sulfonamides is 1. The summed E-state index contributed by atoms with van der Waals surface area (Å²) < 4.78 is 27.0. The minimum Gasteiger partial charge on any atom is -0.344 e. The van der Waals surface area contributed by atoms with Crippen LogP contribution in [0, 0.1) is 5.41 Å². The van der Waals surface area contributed by atoms with E-state index in [1.807, 2.05) is 13.8 Å². The molecule has 6 nitrogen and oxygen atoms in total. The highest BCUT2D eigenvalue weighted by Crippen LogP contribution is 2.27. The molecule has 0 saturated carbocycles. The second-order valence-corrected chi connectivity index (χ2v) is 9.04. The molecular formula is C17H27N3O3S. The Hall–Kier alpha value is -1.44. The van der Waals surface area contributed by atoms with Crippen LogP contribution in [0.4, 0.5) is 0 Å². The van der Waals surface area contributed by atoms with Gasteiger partial charge in [0, 0.05) is 20.1 Å². The van der Waals surface area contributed by atoms with Gasteiger partial charge in [-0.05, 0) is 36.9 Å². The highest BCUT2D eigenvalue weighted by Gasteiger charge is 2.41. The lowest BCUT2D eigenvalue weighted by Crippen LogP contribution is -2.49. The third-order valence-corrected chi connectivity index (χ3v) is 6.35. The van der Waals surface area contributed by atoms with Gasteiger partial charge < -0.3 is 10.6 Å². The first kappa shape index (κ1) is 18.9. The van der Waals surface area contributed by atoms with Crippen molar-refractivity contribution in [2.45, 2.75) is 37.6 Å². The van der Waals surface area contributed by atoms with E-state index in [1.54, 1.807) is 42.3 Å². The fourth-order valence-electron chi connectivity index (χ4n) is 3.04. The average molecular weight is 353 g/mol. The molecule has 1 aromatic rings. The van der Waals surface area contributed by atoms with Crippen molar-refractivity contribution in [3.63, 3.8) is 0 Å². The summed E-state index contributed by atoms with van der Waals surface area (Å²) in [6, 6.07) is 7.65. The van der Waals surface area contributed by atoms with Gasteiger partial charge in [-0.2, -0.15) is 4.31 Å². The zero-order valence-corrected chi connectivity index (χ0v) is 15.4. The van der Waals surface area contributed by atoms with Crippen LogP contribution in [0.1, 0.15) is 26.7 Å². The lowest BCUT2D eigenvalue weighted by Gasteiger charge is -2.32. The minimum atomic E-state index is -3.65. The number of nitrogens with two attached hydrogens (primary N) is 1. The molecule has 1 heterocycles. The van der Waals surface area contributed by atoms with Gasteiger partial charge in [0.25, 0.3) is 0 Å². The van der Waals surface area contributed by atoms with E-state index in [-0.39, 0.29) is 16.2 Å². The molecule has 1 fully saturated rings. The van der Waals surface area contributed by atoms with E-state index in [0.717, 1.165) is 0 Å². The smallest absolute Gasteiger partial charge is 0.243 e. The maximum Gasteiger partial charge on any atom is 0.243 e. The fourth-order valence-corrected chi connectivity index (χ4v) is 4.71. The van der Waals surface area contributed by atoms with Gasteiger partial charge in [0.1, 0.15) is 6.04 Å². The number of amides is 1. The largest absolute Gasteiger partial charge is 0.344 e.